The maximum absolute atomic E-state index is 11.2. The van der Waals surface area contributed by atoms with Gasteiger partial charge in [-0.1, -0.05) is 11.6 Å². The second-order valence-corrected chi connectivity index (χ2v) is 4.72. The molecule has 1 aromatic carbocycles. The summed E-state index contributed by atoms with van der Waals surface area (Å²) in [7, 11) is 4.03. The van der Waals surface area contributed by atoms with Crippen LogP contribution < -0.4 is 16.8 Å². The van der Waals surface area contributed by atoms with Crippen LogP contribution >= 0.6 is 11.6 Å². The maximum atomic E-state index is 11.2. The molecule has 0 fully saturated rings. The van der Waals surface area contributed by atoms with Crippen molar-refractivity contribution in [2.75, 3.05) is 38.2 Å². The zero-order valence-corrected chi connectivity index (χ0v) is 11.4. The quantitative estimate of drug-likeness (QED) is 0.539. The standard InChI is InChI=1S/C12H19ClN4O/c1-17(2)7-3-6-16-9-5-4-8(14)10(11(9)13)12(15)18/h4-5,16H,3,6-7,14H2,1-2H3,(H2,15,18). The number of hydrogen-bond donors (Lipinski definition) is 3. The van der Waals surface area contributed by atoms with Gasteiger partial charge in [0.05, 0.1) is 16.3 Å². The fraction of sp³-hybridized carbons (Fsp3) is 0.417. The van der Waals surface area contributed by atoms with Crippen molar-refractivity contribution in [1.82, 2.24) is 4.90 Å². The number of nitrogens with one attached hydrogen (secondary N) is 1. The van der Waals surface area contributed by atoms with Crippen LogP contribution in [-0.4, -0.2) is 38.0 Å². The van der Waals surface area contributed by atoms with E-state index in [9.17, 15) is 4.79 Å². The SMILES string of the molecule is CN(C)CCCNc1ccc(N)c(C(N)=O)c1Cl. The van der Waals surface area contributed by atoms with Gasteiger partial charge < -0.3 is 21.7 Å². The van der Waals surface area contributed by atoms with E-state index in [1.807, 2.05) is 14.1 Å². The number of rotatable bonds is 6. The Balaban J connectivity index is 2.73. The predicted molar refractivity (Wildman–Crippen MR) is 76.0 cm³/mol. The highest BCUT2D eigenvalue weighted by molar-refractivity contribution is 6.37. The van der Waals surface area contributed by atoms with Gasteiger partial charge in [0.25, 0.3) is 5.91 Å². The molecule has 6 heteroatoms. The first kappa shape index (κ1) is 14.6. The summed E-state index contributed by atoms with van der Waals surface area (Å²) in [4.78, 5) is 13.3. The average Bonchev–Trinajstić information content (AvgIpc) is 2.26. The fourth-order valence-corrected chi connectivity index (χ4v) is 1.93. The number of carbonyl (C=O) groups excluding carboxylic acids is 1. The minimum absolute atomic E-state index is 0.175. The molecule has 5 nitrogen and oxygen atoms in total. The highest BCUT2D eigenvalue weighted by Crippen LogP contribution is 2.29. The number of amides is 1. The van der Waals surface area contributed by atoms with Gasteiger partial charge in [0.2, 0.25) is 0 Å². The van der Waals surface area contributed by atoms with Crippen molar-refractivity contribution in [3.05, 3.63) is 22.7 Å². The Labute approximate surface area is 112 Å². The molecule has 0 aliphatic carbocycles. The van der Waals surface area contributed by atoms with Gasteiger partial charge in [-0.15, -0.1) is 0 Å². The van der Waals surface area contributed by atoms with Crippen LogP contribution in [0, 0.1) is 0 Å². The third-order valence-electron chi connectivity index (χ3n) is 2.52. The summed E-state index contributed by atoms with van der Waals surface area (Å²) >= 11 is 6.10. The molecule has 0 heterocycles. The molecule has 0 saturated heterocycles. The van der Waals surface area contributed by atoms with E-state index in [-0.39, 0.29) is 10.6 Å². The van der Waals surface area contributed by atoms with Gasteiger partial charge in [0.15, 0.2) is 0 Å². The number of nitrogens with zero attached hydrogens (tertiary/aromatic N) is 1. The van der Waals surface area contributed by atoms with Crippen LogP contribution in [0.3, 0.4) is 0 Å². The van der Waals surface area contributed by atoms with Crippen LogP contribution in [0.25, 0.3) is 0 Å². The molecule has 1 amide bonds. The molecule has 0 atom stereocenters. The van der Waals surface area contributed by atoms with Crippen LogP contribution in [0.4, 0.5) is 11.4 Å². The van der Waals surface area contributed by atoms with E-state index < -0.39 is 5.91 Å². The lowest BCUT2D eigenvalue weighted by atomic mass is 10.1. The highest BCUT2D eigenvalue weighted by Gasteiger charge is 2.14. The molecule has 0 unspecified atom stereocenters. The molecule has 1 rings (SSSR count). The van der Waals surface area contributed by atoms with E-state index in [4.69, 9.17) is 23.1 Å². The Hall–Kier alpha value is -1.46. The van der Waals surface area contributed by atoms with Crippen molar-refractivity contribution in [2.45, 2.75) is 6.42 Å². The van der Waals surface area contributed by atoms with E-state index in [2.05, 4.69) is 10.2 Å². The third kappa shape index (κ3) is 3.78. The Bertz CT molecular complexity index is 434. The second kappa shape index (κ2) is 6.47. The highest BCUT2D eigenvalue weighted by atomic mass is 35.5. The molecule has 0 aromatic heterocycles. The summed E-state index contributed by atoms with van der Waals surface area (Å²) in [5.41, 5.74) is 12.1. The molecule has 0 aliphatic rings. The molecule has 0 saturated carbocycles. The molecule has 0 bridgehead atoms. The summed E-state index contributed by atoms with van der Waals surface area (Å²) in [5, 5.41) is 3.45. The van der Waals surface area contributed by atoms with Crippen LogP contribution in [-0.2, 0) is 0 Å². The molecule has 5 N–H and O–H groups in total. The van der Waals surface area contributed by atoms with E-state index >= 15 is 0 Å². The average molecular weight is 271 g/mol. The number of carbonyl (C=O) groups is 1. The number of nitrogens with two attached hydrogens (primary N) is 2. The van der Waals surface area contributed by atoms with Crippen LogP contribution in [0.5, 0.6) is 0 Å². The smallest absolute Gasteiger partial charge is 0.252 e. The van der Waals surface area contributed by atoms with Crippen LogP contribution in [0.15, 0.2) is 12.1 Å². The van der Waals surface area contributed by atoms with Crippen LogP contribution in [0.1, 0.15) is 16.8 Å². The van der Waals surface area contributed by atoms with E-state index in [0.29, 0.717) is 11.4 Å². The minimum Gasteiger partial charge on any atom is -0.398 e. The first-order valence-electron chi connectivity index (χ1n) is 5.70. The number of hydrogen-bond acceptors (Lipinski definition) is 4. The second-order valence-electron chi connectivity index (χ2n) is 4.34. The van der Waals surface area contributed by atoms with Crippen molar-refractivity contribution < 1.29 is 4.79 Å². The number of halogens is 1. The molecular formula is C12H19ClN4O. The van der Waals surface area contributed by atoms with Gasteiger partial charge in [-0.3, -0.25) is 4.79 Å². The summed E-state index contributed by atoms with van der Waals surface area (Å²) in [6.07, 6.45) is 0.972. The van der Waals surface area contributed by atoms with Gasteiger partial charge >= 0.3 is 0 Å². The first-order valence-corrected chi connectivity index (χ1v) is 6.07. The van der Waals surface area contributed by atoms with E-state index in [1.54, 1.807) is 12.1 Å². The third-order valence-corrected chi connectivity index (χ3v) is 2.91. The fourth-order valence-electron chi connectivity index (χ4n) is 1.60. The van der Waals surface area contributed by atoms with Gasteiger partial charge in [-0.05, 0) is 39.2 Å². The maximum Gasteiger partial charge on any atom is 0.252 e. The van der Waals surface area contributed by atoms with Gasteiger partial charge in [0.1, 0.15) is 0 Å². The first-order chi connectivity index (χ1) is 8.43. The lowest BCUT2D eigenvalue weighted by molar-refractivity contribution is 0.100. The molecule has 0 aliphatic heterocycles. The lowest BCUT2D eigenvalue weighted by Crippen LogP contribution is -2.17. The predicted octanol–water partition coefficient (Wildman–Crippen LogP) is 1.38. The van der Waals surface area contributed by atoms with E-state index in [1.165, 1.54) is 0 Å². The molecule has 100 valence electrons. The molecule has 18 heavy (non-hydrogen) atoms. The van der Waals surface area contributed by atoms with Crippen molar-refractivity contribution in [1.29, 1.82) is 0 Å². The topological polar surface area (TPSA) is 84.4 Å². The molecule has 0 spiro atoms. The summed E-state index contributed by atoms with van der Waals surface area (Å²) < 4.78 is 0. The molecule has 1 aromatic rings. The normalized spacial score (nSPS) is 10.7. The van der Waals surface area contributed by atoms with Gasteiger partial charge in [-0.25, -0.2) is 0 Å². The number of benzene rings is 1. The van der Waals surface area contributed by atoms with Crippen molar-refractivity contribution in [3.8, 4) is 0 Å². The monoisotopic (exact) mass is 270 g/mol. The van der Waals surface area contributed by atoms with Crippen molar-refractivity contribution >= 4 is 28.9 Å². The number of anilines is 2. The van der Waals surface area contributed by atoms with Crippen molar-refractivity contribution in [3.63, 3.8) is 0 Å². The Kier molecular flexibility index (Phi) is 5.25. The number of primary amides is 1. The van der Waals surface area contributed by atoms with Gasteiger partial charge in [-0.2, -0.15) is 0 Å². The van der Waals surface area contributed by atoms with E-state index in [0.717, 1.165) is 19.5 Å². The molecular weight excluding hydrogens is 252 g/mol. The largest absolute Gasteiger partial charge is 0.398 e. The van der Waals surface area contributed by atoms with Gasteiger partial charge in [0, 0.05) is 12.2 Å². The lowest BCUT2D eigenvalue weighted by Gasteiger charge is -2.13. The summed E-state index contributed by atoms with van der Waals surface area (Å²) in [6.45, 7) is 1.74. The van der Waals surface area contributed by atoms with Crippen LogP contribution in [0.2, 0.25) is 5.02 Å². The Morgan fingerprint density at radius 1 is 1.44 bits per heavy atom. The van der Waals surface area contributed by atoms with Crippen molar-refractivity contribution in [2.24, 2.45) is 5.73 Å². The zero-order chi connectivity index (χ0) is 13.7. The minimum atomic E-state index is -0.616. The number of nitrogen functional groups attached to an aromatic ring is 1. The zero-order valence-electron chi connectivity index (χ0n) is 10.7. The Morgan fingerprint density at radius 3 is 2.67 bits per heavy atom. The summed E-state index contributed by atoms with van der Waals surface area (Å²) in [6, 6.07) is 3.38. The summed E-state index contributed by atoms with van der Waals surface area (Å²) in [5.74, 6) is -0.616. The Morgan fingerprint density at radius 2 is 2.11 bits per heavy atom. The molecule has 0 radical (unpaired) electrons.